The van der Waals surface area contributed by atoms with E-state index in [-0.39, 0.29) is 35.1 Å². The molecule has 1 aromatic heterocycles. The van der Waals surface area contributed by atoms with E-state index in [1.807, 2.05) is 0 Å². The lowest BCUT2D eigenvalue weighted by Gasteiger charge is -2.46. The van der Waals surface area contributed by atoms with Gasteiger partial charge in [0.05, 0.1) is 18.1 Å². The number of nitrogens with two attached hydrogens (primary N) is 1. The number of nitrogens with one attached hydrogen (secondary N) is 1. The maximum Gasteiger partial charge on any atom is 0.269 e. The number of rotatable bonds is 5. The third kappa shape index (κ3) is 4.05. The Balaban J connectivity index is 1.47. The van der Waals surface area contributed by atoms with E-state index < -0.39 is 29.0 Å². The van der Waals surface area contributed by atoms with E-state index in [0.717, 1.165) is 12.4 Å². The lowest BCUT2D eigenvalue weighted by Crippen LogP contribution is -2.53. The molecule has 2 aromatic rings. The normalized spacial score (nSPS) is 25.2. The predicted octanol–water partition coefficient (Wildman–Crippen LogP) is 2.99. The molecule has 164 valence electrons. The van der Waals surface area contributed by atoms with Crippen LogP contribution in [-0.4, -0.2) is 39.5 Å². The first kappa shape index (κ1) is 21.4. The second-order valence-electron chi connectivity index (χ2n) is 8.03. The molecule has 1 aromatic carbocycles. The maximum absolute atomic E-state index is 13.7. The van der Waals surface area contributed by atoms with Crippen molar-refractivity contribution in [1.29, 1.82) is 0 Å². The number of hydroxylamine groups is 2. The van der Waals surface area contributed by atoms with Crippen LogP contribution in [-0.2, 0) is 9.63 Å². The number of aromatic nitrogens is 2. The van der Waals surface area contributed by atoms with Crippen molar-refractivity contribution < 1.29 is 23.2 Å². The van der Waals surface area contributed by atoms with Crippen LogP contribution in [0.3, 0.4) is 0 Å². The van der Waals surface area contributed by atoms with E-state index in [9.17, 15) is 18.4 Å². The van der Waals surface area contributed by atoms with Crippen LogP contribution >= 0.6 is 11.6 Å². The van der Waals surface area contributed by atoms with Gasteiger partial charge in [-0.05, 0) is 30.5 Å². The molecule has 0 bridgehead atoms. The first-order chi connectivity index (χ1) is 14.7. The Bertz CT molecular complexity index is 1030. The molecular weight excluding hydrogens is 432 g/mol. The first-order valence-corrected chi connectivity index (χ1v) is 10.0. The summed E-state index contributed by atoms with van der Waals surface area (Å²) in [5, 5.41) is 4.36. The van der Waals surface area contributed by atoms with E-state index in [1.54, 1.807) is 6.92 Å². The van der Waals surface area contributed by atoms with Gasteiger partial charge in [0, 0.05) is 18.5 Å². The predicted molar refractivity (Wildman–Crippen MR) is 107 cm³/mol. The Morgan fingerprint density at radius 1 is 1.26 bits per heavy atom. The number of anilines is 1. The van der Waals surface area contributed by atoms with Gasteiger partial charge in [-0.1, -0.05) is 18.5 Å². The van der Waals surface area contributed by atoms with Gasteiger partial charge in [0.15, 0.2) is 10.8 Å². The van der Waals surface area contributed by atoms with E-state index >= 15 is 0 Å². The zero-order chi connectivity index (χ0) is 22.3. The zero-order valence-corrected chi connectivity index (χ0v) is 17.3. The van der Waals surface area contributed by atoms with Gasteiger partial charge in [-0.25, -0.2) is 23.8 Å². The summed E-state index contributed by atoms with van der Waals surface area (Å²) in [5.41, 5.74) is 5.11. The van der Waals surface area contributed by atoms with Crippen LogP contribution in [0.2, 0.25) is 5.15 Å². The Morgan fingerprint density at radius 3 is 2.58 bits per heavy atom. The molecule has 0 spiro atoms. The largest absolute Gasteiger partial charge is 0.378 e. The van der Waals surface area contributed by atoms with Crippen LogP contribution in [0.5, 0.6) is 0 Å². The molecule has 1 aliphatic heterocycles. The molecule has 2 amide bonds. The average Bonchev–Trinajstić information content (AvgIpc) is 3.16. The molecule has 31 heavy (non-hydrogen) atoms. The average molecular weight is 452 g/mol. The molecule has 1 saturated carbocycles. The van der Waals surface area contributed by atoms with Crippen molar-refractivity contribution in [2.75, 3.05) is 11.9 Å². The van der Waals surface area contributed by atoms with E-state index in [1.165, 1.54) is 17.2 Å². The van der Waals surface area contributed by atoms with Crippen LogP contribution in [0.25, 0.3) is 0 Å². The van der Waals surface area contributed by atoms with Crippen molar-refractivity contribution >= 4 is 29.1 Å². The second kappa shape index (κ2) is 8.01. The smallest absolute Gasteiger partial charge is 0.269 e. The fourth-order valence-electron chi connectivity index (χ4n) is 4.19. The van der Waals surface area contributed by atoms with E-state index in [0.29, 0.717) is 24.8 Å². The number of carbonyl (C=O) groups is 2. The number of benzene rings is 1. The molecule has 0 unspecified atom stereocenters. The standard InChI is InChI=1S/C20H20ClF2N5O3/c1-20(7-13(8-20)27-15-16(18(24)29)25-9-26-17(15)21)19(30)28-14(2-3-31-28)10-4-11(22)6-12(23)5-10/h4-6,9,13-14,27H,2-3,7-8H2,1H3,(H2,24,29)/t13?,14-,20?/m0/s1. The van der Waals surface area contributed by atoms with Crippen LogP contribution in [0.4, 0.5) is 14.5 Å². The fourth-order valence-corrected chi connectivity index (χ4v) is 4.38. The summed E-state index contributed by atoms with van der Waals surface area (Å²) in [6.45, 7) is 2.06. The molecule has 3 N–H and O–H groups in total. The van der Waals surface area contributed by atoms with Crippen molar-refractivity contribution in [1.82, 2.24) is 15.0 Å². The van der Waals surface area contributed by atoms with Crippen molar-refractivity contribution in [2.24, 2.45) is 11.1 Å². The molecule has 0 radical (unpaired) electrons. The zero-order valence-electron chi connectivity index (χ0n) is 16.6. The number of amides is 2. The lowest BCUT2D eigenvalue weighted by atomic mass is 9.66. The van der Waals surface area contributed by atoms with Gasteiger partial charge in [0.25, 0.3) is 11.8 Å². The summed E-state index contributed by atoms with van der Waals surface area (Å²) in [6.07, 6.45) is 2.41. The van der Waals surface area contributed by atoms with Crippen LogP contribution in [0.15, 0.2) is 24.5 Å². The Labute approximate surface area is 181 Å². The highest BCUT2D eigenvalue weighted by Gasteiger charge is 2.51. The summed E-state index contributed by atoms with van der Waals surface area (Å²) in [7, 11) is 0. The van der Waals surface area contributed by atoms with Gasteiger partial charge in [-0.2, -0.15) is 0 Å². The van der Waals surface area contributed by atoms with Gasteiger partial charge < -0.3 is 11.1 Å². The number of nitrogens with zero attached hydrogens (tertiary/aromatic N) is 3. The summed E-state index contributed by atoms with van der Waals surface area (Å²) < 4.78 is 27.3. The minimum atomic E-state index is -0.763. The molecule has 1 atom stereocenters. The molecule has 4 rings (SSSR count). The van der Waals surface area contributed by atoms with E-state index in [2.05, 4.69) is 15.3 Å². The summed E-state index contributed by atoms with van der Waals surface area (Å²) in [4.78, 5) is 38.0. The first-order valence-electron chi connectivity index (χ1n) is 9.67. The van der Waals surface area contributed by atoms with Crippen LogP contribution in [0, 0.1) is 17.0 Å². The highest BCUT2D eigenvalue weighted by molar-refractivity contribution is 6.32. The van der Waals surface area contributed by atoms with Gasteiger partial charge in [-0.15, -0.1) is 0 Å². The number of carbonyl (C=O) groups excluding carboxylic acids is 2. The minimum Gasteiger partial charge on any atom is -0.378 e. The van der Waals surface area contributed by atoms with E-state index in [4.69, 9.17) is 22.2 Å². The van der Waals surface area contributed by atoms with Crippen molar-refractivity contribution in [3.63, 3.8) is 0 Å². The molecule has 8 nitrogen and oxygen atoms in total. The SMILES string of the molecule is CC1(C(=O)N2OCC[C@H]2c2cc(F)cc(F)c2)CC(Nc2c(Cl)ncnc2C(N)=O)C1. The maximum atomic E-state index is 13.7. The Kier molecular flexibility index (Phi) is 5.52. The topological polar surface area (TPSA) is 110 Å². The van der Waals surface area contributed by atoms with Crippen LogP contribution < -0.4 is 11.1 Å². The molecule has 2 aliphatic rings. The highest BCUT2D eigenvalue weighted by atomic mass is 35.5. The van der Waals surface area contributed by atoms with Crippen molar-refractivity contribution in [3.05, 3.63) is 52.6 Å². The minimum absolute atomic E-state index is 0.0315. The summed E-state index contributed by atoms with van der Waals surface area (Å²) in [5.74, 6) is -2.44. The van der Waals surface area contributed by atoms with Crippen LogP contribution in [0.1, 0.15) is 48.3 Å². The summed E-state index contributed by atoms with van der Waals surface area (Å²) in [6, 6.07) is 2.45. The fraction of sp³-hybridized carbons (Fsp3) is 0.400. The number of primary amides is 1. The number of hydrogen-bond donors (Lipinski definition) is 2. The van der Waals surface area contributed by atoms with Gasteiger partial charge in [0.2, 0.25) is 0 Å². The Morgan fingerprint density at radius 2 is 1.94 bits per heavy atom. The molecule has 1 aliphatic carbocycles. The third-order valence-electron chi connectivity index (χ3n) is 5.67. The number of hydrogen-bond acceptors (Lipinski definition) is 6. The molecular formula is C20H20ClF2N5O3. The second-order valence-corrected chi connectivity index (χ2v) is 8.39. The van der Waals surface area contributed by atoms with Gasteiger partial charge in [0.1, 0.15) is 23.6 Å². The molecule has 11 heteroatoms. The monoisotopic (exact) mass is 451 g/mol. The molecule has 2 heterocycles. The lowest BCUT2D eigenvalue weighted by molar-refractivity contribution is -0.192. The van der Waals surface area contributed by atoms with Gasteiger partial charge >= 0.3 is 0 Å². The highest BCUT2D eigenvalue weighted by Crippen LogP contribution is 2.47. The van der Waals surface area contributed by atoms with Crippen molar-refractivity contribution in [3.8, 4) is 0 Å². The van der Waals surface area contributed by atoms with Crippen molar-refractivity contribution in [2.45, 2.75) is 38.3 Å². The molecule has 1 saturated heterocycles. The third-order valence-corrected chi connectivity index (χ3v) is 5.95. The van der Waals surface area contributed by atoms with Gasteiger partial charge in [-0.3, -0.25) is 14.4 Å². The molecule has 2 fully saturated rings. The Hall–Kier alpha value is -2.85. The number of halogens is 3. The quantitative estimate of drug-likeness (QED) is 0.676. The summed E-state index contributed by atoms with van der Waals surface area (Å²) >= 11 is 6.07.